The van der Waals surface area contributed by atoms with Gasteiger partial charge in [-0.05, 0) is 18.8 Å². The number of fused-ring (bicyclic) bond motifs is 3. The van der Waals surface area contributed by atoms with Gasteiger partial charge in [-0.15, -0.1) is 0 Å². The molecule has 1 aliphatic heterocycles. The zero-order valence-corrected chi connectivity index (χ0v) is 10.4. The van der Waals surface area contributed by atoms with Crippen molar-refractivity contribution in [1.29, 1.82) is 0 Å². The quantitative estimate of drug-likeness (QED) is 0.807. The molecule has 0 aromatic carbocycles. The first-order chi connectivity index (χ1) is 9.29. The number of nitrogens with one attached hydrogen (secondary N) is 2. The molecule has 0 spiro atoms. The van der Waals surface area contributed by atoms with E-state index >= 15 is 0 Å². The van der Waals surface area contributed by atoms with Crippen molar-refractivity contribution in [2.24, 2.45) is 5.92 Å². The Morgan fingerprint density at radius 2 is 2.37 bits per heavy atom. The second-order valence-corrected chi connectivity index (χ2v) is 5.38. The Bertz CT molecular complexity index is 637. The van der Waals surface area contributed by atoms with Crippen molar-refractivity contribution >= 4 is 11.6 Å². The number of hydrogen-bond acceptors (Lipinski definition) is 4. The highest BCUT2D eigenvalue weighted by Crippen LogP contribution is 2.31. The number of hydrogen-bond donors (Lipinski definition) is 2. The second kappa shape index (κ2) is 4.03. The molecule has 6 nitrogen and oxygen atoms in total. The number of piperidine rings is 1. The number of imidazole rings is 1. The van der Waals surface area contributed by atoms with Gasteiger partial charge in [-0.25, -0.2) is 9.97 Å². The van der Waals surface area contributed by atoms with Crippen molar-refractivity contribution in [3.05, 3.63) is 30.5 Å². The van der Waals surface area contributed by atoms with E-state index in [9.17, 15) is 4.79 Å². The van der Waals surface area contributed by atoms with Crippen LogP contribution in [0.15, 0.2) is 24.8 Å². The van der Waals surface area contributed by atoms with E-state index in [2.05, 4.69) is 20.6 Å². The van der Waals surface area contributed by atoms with Crippen LogP contribution in [0.1, 0.15) is 23.3 Å². The average Bonchev–Trinajstić information content (AvgIpc) is 3.13. The van der Waals surface area contributed by atoms with Crippen LogP contribution >= 0.6 is 0 Å². The molecule has 3 unspecified atom stereocenters. The number of aromatic nitrogens is 3. The van der Waals surface area contributed by atoms with Gasteiger partial charge in [-0.2, -0.15) is 0 Å². The fraction of sp³-hybridized carbons (Fsp3) is 0.462. The van der Waals surface area contributed by atoms with E-state index in [1.807, 2.05) is 10.6 Å². The topological polar surface area (TPSA) is 71.3 Å². The molecule has 1 aliphatic carbocycles. The maximum atomic E-state index is 12.2. The van der Waals surface area contributed by atoms with Gasteiger partial charge in [0.15, 0.2) is 5.65 Å². The molecule has 1 saturated heterocycles. The van der Waals surface area contributed by atoms with E-state index in [1.165, 1.54) is 6.42 Å². The highest BCUT2D eigenvalue weighted by Gasteiger charge is 2.40. The summed E-state index contributed by atoms with van der Waals surface area (Å²) in [4.78, 5) is 20.5. The molecule has 1 amide bonds. The van der Waals surface area contributed by atoms with Crippen LogP contribution in [0.3, 0.4) is 0 Å². The Morgan fingerprint density at radius 1 is 1.42 bits per heavy atom. The zero-order chi connectivity index (χ0) is 12.8. The highest BCUT2D eigenvalue weighted by molar-refractivity contribution is 5.92. The van der Waals surface area contributed by atoms with Gasteiger partial charge in [-0.3, -0.25) is 4.79 Å². The van der Waals surface area contributed by atoms with Crippen molar-refractivity contribution in [2.45, 2.75) is 24.9 Å². The van der Waals surface area contributed by atoms with E-state index in [1.54, 1.807) is 18.6 Å². The summed E-state index contributed by atoms with van der Waals surface area (Å²) in [6.45, 7) is 1.02. The van der Waals surface area contributed by atoms with Gasteiger partial charge < -0.3 is 15.0 Å². The number of carbonyl (C=O) groups excluding carboxylic acids is 1. The van der Waals surface area contributed by atoms with Crippen molar-refractivity contribution < 1.29 is 4.79 Å². The number of amides is 1. The SMILES string of the molecule is O=C(NC1CC2CC1CN2)c1cn2ccnc2cn1. The lowest BCUT2D eigenvalue weighted by atomic mass is 10.0. The zero-order valence-electron chi connectivity index (χ0n) is 10.4. The Hall–Kier alpha value is -1.95. The van der Waals surface area contributed by atoms with Gasteiger partial charge in [0.2, 0.25) is 0 Å². The minimum absolute atomic E-state index is 0.0897. The number of carbonyl (C=O) groups is 1. The third kappa shape index (κ3) is 1.79. The molecule has 19 heavy (non-hydrogen) atoms. The molecule has 3 atom stereocenters. The minimum Gasteiger partial charge on any atom is -0.348 e. The second-order valence-electron chi connectivity index (χ2n) is 5.38. The van der Waals surface area contributed by atoms with E-state index in [0.29, 0.717) is 23.7 Å². The van der Waals surface area contributed by atoms with Crippen molar-refractivity contribution in [3.8, 4) is 0 Å². The molecular weight excluding hydrogens is 242 g/mol. The highest BCUT2D eigenvalue weighted by atomic mass is 16.2. The summed E-state index contributed by atoms with van der Waals surface area (Å²) < 4.78 is 1.81. The molecule has 2 N–H and O–H groups in total. The molecule has 6 heteroatoms. The number of rotatable bonds is 2. The van der Waals surface area contributed by atoms with Gasteiger partial charge in [0, 0.05) is 37.2 Å². The van der Waals surface area contributed by atoms with Crippen LogP contribution in [0.5, 0.6) is 0 Å². The summed E-state index contributed by atoms with van der Waals surface area (Å²) in [6, 6.07) is 0.874. The van der Waals surface area contributed by atoms with Crippen LogP contribution in [0.2, 0.25) is 0 Å². The van der Waals surface area contributed by atoms with Crippen LogP contribution in [-0.2, 0) is 0 Å². The van der Waals surface area contributed by atoms with Crippen LogP contribution in [0.25, 0.3) is 5.65 Å². The lowest BCUT2D eigenvalue weighted by Crippen LogP contribution is -2.44. The Balaban J connectivity index is 1.53. The average molecular weight is 257 g/mol. The largest absolute Gasteiger partial charge is 0.348 e. The lowest BCUT2D eigenvalue weighted by Gasteiger charge is -2.23. The Labute approximate surface area is 110 Å². The van der Waals surface area contributed by atoms with Crippen LogP contribution < -0.4 is 10.6 Å². The van der Waals surface area contributed by atoms with Crippen molar-refractivity contribution in [3.63, 3.8) is 0 Å². The first-order valence-corrected chi connectivity index (χ1v) is 6.62. The van der Waals surface area contributed by atoms with E-state index < -0.39 is 0 Å². The molecule has 0 radical (unpaired) electrons. The maximum Gasteiger partial charge on any atom is 0.271 e. The predicted molar refractivity (Wildman–Crippen MR) is 68.8 cm³/mol. The predicted octanol–water partition coefficient (Wildman–Crippen LogP) is 0.209. The maximum absolute atomic E-state index is 12.2. The minimum atomic E-state index is -0.0897. The fourth-order valence-corrected chi connectivity index (χ4v) is 3.20. The molecule has 2 bridgehead atoms. The third-order valence-corrected chi connectivity index (χ3v) is 4.19. The van der Waals surface area contributed by atoms with E-state index in [0.717, 1.165) is 18.6 Å². The Morgan fingerprint density at radius 3 is 3.16 bits per heavy atom. The Kier molecular flexibility index (Phi) is 2.32. The monoisotopic (exact) mass is 257 g/mol. The summed E-state index contributed by atoms with van der Waals surface area (Å²) in [5.41, 5.74) is 1.20. The fourth-order valence-electron chi connectivity index (χ4n) is 3.20. The molecule has 2 aromatic heterocycles. The molecule has 1 saturated carbocycles. The molecule has 98 valence electrons. The van der Waals surface area contributed by atoms with Crippen molar-refractivity contribution in [2.75, 3.05) is 6.54 Å². The van der Waals surface area contributed by atoms with Crippen molar-refractivity contribution in [1.82, 2.24) is 25.0 Å². The summed E-state index contributed by atoms with van der Waals surface area (Å²) >= 11 is 0. The summed E-state index contributed by atoms with van der Waals surface area (Å²) in [5.74, 6) is 0.485. The van der Waals surface area contributed by atoms with Gasteiger partial charge in [0.25, 0.3) is 5.91 Å². The normalized spacial score (nSPS) is 28.9. The van der Waals surface area contributed by atoms with Gasteiger partial charge in [-0.1, -0.05) is 0 Å². The summed E-state index contributed by atoms with van der Waals surface area (Å²) in [5, 5.41) is 6.55. The first-order valence-electron chi connectivity index (χ1n) is 6.62. The summed E-state index contributed by atoms with van der Waals surface area (Å²) in [6.07, 6.45) is 9.07. The van der Waals surface area contributed by atoms with Gasteiger partial charge in [0.1, 0.15) is 5.69 Å². The molecular formula is C13H15N5O. The standard InChI is InChI=1S/C13H15N5O/c19-13(17-10-4-9-3-8(10)5-15-9)11-7-18-2-1-14-12(18)6-16-11/h1-2,6-10,15H,3-5H2,(H,17,19). The first kappa shape index (κ1) is 10.9. The molecule has 2 aromatic rings. The van der Waals surface area contributed by atoms with Crippen LogP contribution in [-0.4, -0.2) is 38.9 Å². The van der Waals surface area contributed by atoms with E-state index in [4.69, 9.17) is 0 Å². The third-order valence-electron chi connectivity index (χ3n) is 4.19. The van der Waals surface area contributed by atoms with Crippen LogP contribution in [0.4, 0.5) is 0 Å². The van der Waals surface area contributed by atoms with Gasteiger partial charge in [0.05, 0.1) is 6.20 Å². The van der Waals surface area contributed by atoms with Gasteiger partial charge >= 0.3 is 0 Å². The smallest absolute Gasteiger partial charge is 0.271 e. The molecule has 2 fully saturated rings. The molecule has 3 heterocycles. The summed E-state index contributed by atoms with van der Waals surface area (Å²) in [7, 11) is 0. The van der Waals surface area contributed by atoms with E-state index in [-0.39, 0.29) is 5.91 Å². The molecule has 2 aliphatic rings. The number of nitrogens with zero attached hydrogens (tertiary/aromatic N) is 3. The molecule has 4 rings (SSSR count). The van der Waals surface area contributed by atoms with Crippen LogP contribution in [0, 0.1) is 5.92 Å². The lowest BCUT2D eigenvalue weighted by molar-refractivity contribution is 0.0919.